The van der Waals surface area contributed by atoms with Crippen LogP contribution in [0.25, 0.3) is 0 Å². The third-order valence-corrected chi connectivity index (χ3v) is 10.7. The van der Waals surface area contributed by atoms with E-state index in [0.29, 0.717) is 11.8 Å². The van der Waals surface area contributed by atoms with Gasteiger partial charge in [-0.25, -0.2) is 18.0 Å². The SMILES string of the molecule is CC1C[C@H]2[C@@H]3CC(F)C4=CC(=O)CC[C@]4(C)C3(F)C(O)C[C@]2(C)C1(OC(=O)c1ccco1)C(=O)SCF. The van der Waals surface area contributed by atoms with Gasteiger partial charge >= 0.3 is 5.97 Å². The summed E-state index contributed by atoms with van der Waals surface area (Å²) < 4.78 is 57.6. The van der Waals surface area contributed by atoms with E-state index >= 15 is 8.78 Å². The summed E-state index contributed by atoms with van der Waals surface area (Å²) >= 11 is 0.363. The summed E-state index contributed by atoms with van der Waals surface area (Å²) in [5.41, 5.74) is -6.79. The van der Waals surface area contributed by atoms with E-state index in [1.54, 1.807) is 20.8 Å². The molecule has 1 heterocycles. The molecule has 5 rings (SSSR count). The van der Waals surface area contributed by atoms with Crippen molar-refractivity contribution in [3.05, 3.63) is 35.8 Å². The van der Waals surface area contributed by atoms with E-state index in [1.807, 2.05) is 0 Å². The van der Waals surface area contributed by atoms with Gasteiger partial charge in [0.1, 0.15) is 17.8 Å². The zero-order valence-corrected chi connectivity index (χ0v) is 21.8. The topological polar surface area (TPSA) is 93.8 Å². The van der Waals surface area contributed by atoms with E-state index in [-0.39, 0.29) is 49.2 Å². The van der Waals surface area contributed by atoms with Gasteiger partial charge in [-0.05, 0) is 67.1 Å². The molecule has 0 radical (unpaired) electrons. The molecule has 0 bridgehead atoms. The molecule has 4 aliphatic carbocycles. The van der Waals surface area contributed by atoms with Gasteiger partial charge in [0.2, 0.25) is 10.9 Å². The van der Waals surface area contributed by atoms with Crippen molar-refractivity contribution < 1.29 is 41.8 Å². The number of ether oxygens (including phenoxy) is 1. The van der Waals surface area contributed by atoms with Gasteiger partial charge < -0.3 is 14.3 Å². The number of ketones is 1. The van der Waals surface area contributed by atoms with E-state index in [1.165, 1.54) is 24.5 Å². The molecule has 9 atom stereocenters. The van der Waals surface area contributed by atoms with Crippen LogP contribution in [-0.2, 0) is 14.3 Å². The first-order valence-electron chi connectivity index (χ1n) is 12.6. The third kappa shape index (κ3) is 3.33. The molecule has 37 heavy (non-hydrogen) atoms. The summed E-state index contributed by atoms with van der Waals surface area (Å²) in [5.74, 6) is -3.67. The first-order valence-corrected chi connectivity index (χ1v) is 13.6. The van der Waals surface area contributed by atoms with E-state index in [2.05, 4.69) is 0 Å². The minimum atomic E-state index is -2.26. The number of fused-ring (bicyclic) bond motifs is 5. The monoisotopic (exact) mass is 540 g/mol. The standard InChI is InChI=1S/C27H31F3O6S/c1-14-9-16-17-11-19(29)18-10-15(31)6-7-24(18,2)26(17,30)21(32)12-25(16,3)27(14,23(34)37-13-28)36-22(33)20-5-4-8-35-20/h4-5,8,10,14,16-17,19,21,32H,6-7,9,11-13H2,1-3H3/t14?,16-,17-,19?,21?,24-,25-,26?,27?/m0/s1. The lowest BCUT2D eigenvalue weighted by Gasteiger charge is -2.64. The molecule has 0 aliphatic heterocycles. The lowest BCUT2D eigenvalue weighted by molar-refractivity contribution is -0.231. The van der Waals surface area contributed by atoms with E-state index in [9.17, 15) is 23.9 Å². The molecule has 1 N–H and O–H groups in total. The van der Waals surface area contributed by atoms with Crippen LogP contribution in [0.2, 0.25) is 0 Å². The number of furan rings is 1. The summed E-state index contributed by atoms with van der Waals surface area (Å²) in [5, 5.41) is 10.8. The van der Waals surface area contributed by atoms with Crippen molar-refractivity contribution in [1.82, 2.24) is 0 Å². The van der Waals surface area contributed by atoms with Gasteiger partial charge in [0.15, 0.2) is 11.4 Å². The number of esters is 1. The maximum Gasteiger partial charge on any atom is 0.375 e. The predicted octanol–water partition coefficient (Wildman–Crippen LogP) is 5.15. The number of allylic oxidation sites excluding steroid dienone is 1. The summed E-state index contributed by atoms with van der Waals surface area (Å²) in [6.45, 7) is 4.91. The Hall–Kier alpha value is -2.07. The Morgan fingerprint density at radius 3 is 2.65 bits per heavy atom. The highest BCUT2D eigenvalue weighted by molar-refractivity contribution is 8.13. The molecule has 5 unspecified atom stereocenters. The summed E-state index contributed by atoms with van der Waals surface area (Å²) in [7, 11) is 0. The molecule has 10 heteroatoms. The van der Waals surface area contributed by atoms with E-state index < -0.39 is 69.2 Å². The largest absolute Gasteiger partial charge is 0.457 e. The maximum atomic E-state index is 17.4. The van der Waals surface area contributed by atoms with Gasteiger partial charge in [-0.3, -0.25) is 9.59 Å². The number of aliphatic hydroxyl groups is 1. The molecule has 1 aromatic heterocycles. The molecular formula is C27H31F3O6S. The Morgan fingerprint density at radius 1 is 1.27 bits per heavy atom. The van der Waals surface area contributed by atoms with Crippen LogP contribution in [0.1, 0.15) is 63.4 Å². The smallest absolute Gasteiger partial charge is 0.375 e. The minimum absolute atomic E-state index is 0.0481. The Bertz CT molecular complexity index is 1160. The van der Waals surface area contributed by atoms with Gasteiger partial charge in [-0.2, -0.15) is 0 Å². The Kier molecular flexibility index (Phi) is 6.26. The number of hydrogen-bond acceptors (Lipinski definition) is 7. The molecule has 3 fully saturated rings. The summed E-state index contributed by atoms with van der Waals surface area (Å²) in [6, 6.07) is 1.80. The third-order valence-electron chi connectivity index (χ3n) is 10.0. The van der Waals surface area contributed by atoms with Crippen LogP contribution in [0, 0.1) is 28.6 Å². The van der Waals surface area contributed by atoms with Crippen molar-refractivity contribution in [2.75, 3.05) is 6.01 Å². The van der Waals surface area contributed by atoms with Crippen LogP contribution in [0.15, 0.2) is 34.5 Å². The fraction of sp³-hybridized carbons (Fsp3) is 0.667. The molecule has 0 spiro atoms. The minimum Gasteiger partial charge on any atom is -0.457 e. The summed E-state index contributed by atoms with van der Waals surface area (Å²) in [4.78, 5) is 38.8. The van der Waals surface area contributed by atoms with Gasteiger partial charge in [-0.15, -0.1) is 0 Å². The van der Waals surface area contributed by atoms with Crippen LogP contribution in [0.5, 0.6) is 0 Å². The van der Waals surface area contributed by atoms with Crippen LogP contribution < -0.4 is 0 Å². The fourth-order valence-corrected chi connectivity index (χ4v) is 9.11. The normalized spacial score (nSPS) is 44.9. The Labute approximate surface area is 217 Å². The first kappa shape index (κ1) is 26.5. The quantitative estimate of drug-likeness (QED) is 0.528. The Balaban J connectivity index is 1.63. The van der Waals surface area contributed by atoms with Crippen LogP contribution in [0.4, 0.5) is 13.2 Å². The molecule has 0 amide bonds. The lowest BCUT2D eigenvalue weighted by atomic mass is 9.43. The lowest BCUT2D eigenvalue weighted by Crippen LogP contribution is -2.71. The van der Waals surface area contributed by atoms with Gasteiger partial charge in [-0.1, -0.05) is 20.8 Å². The van der Waals surface area contributed by atoms with Crippen molar-refractivity contribution in [1.29, 1.82) is 0 Å². The zero-order valence-electron chi connectivity index (χ0n) is 21.0. The van der Waals surface area contributed by atoms with Crippen molar-refractivity contribution >= 4 is 28.6 Å². The Morgan fingerprint density at radius 2 is 2.00 bits per heavy atom. The van der Waals surface area contributed by atoms with Crippen LogP contribution in [0.3, 0.4) is 0 Å². The second-order valence-electron chi connectivity index (χ2n) is 11.5. The van der Waals surface area contributed by atoms with Crippen molar-refractivity contribution in [3.8, 4) is 0 Å². The van der Waals surface area contributed by atoms with Gasteiger partial charge in [0.05, 0.1) is 12.4 Å². The molecular weight excluding hydrogens is 509 g/mol. The number of halogens is 3. The van der Waals surface area contributed by atoms with E-state index in [4.69, 9.17) is 9.15 Å². The average molecular weight is 541 g/mol. The molecule has 6 nitrogen and oxygen atoms in total. The second-order valence-corrected chi connectivity index (χ2v) is 12.4. The van der Waals surface area contributed by atoms with E-state index in [0.717, 1.165) is 0 Å². The molecule has 1 aromatic rings. The number of hydrogen-bond donors (Lipinski definition) is 1. The second kappa shape index (κ2) is 8.73. The van der Waals surface area contributed by atoms with Crippen LogP contribution >= 0.6 is 11.8 Å². The number of aliphatic hydroxyl groups excluding tert-OH is 1. The highest BCUT2D eigenvalue weighted by Crippen LogP contribution is 2.72. The molecule has 0 aromatic carbocycles. The van der Waals surface area contributed by atoms with Gasteiger partial charge in [0, 0.05) is 29.1 Å². The number of rotatable bonds is 4. The molecule has 3 saturated carbocycles. The van der Waals surface area contributed by atoms with Crippen LogP contribution in [-0.4, -0.2) is 51.5 Å². The number of carbonyl (C=O) groups is 3. The van der Waals surface area contributed by atoms with Crippen molar-refractivity contribution in [2.24, 2.45) is 28.6 Å². The number of carbonyl (C=O) groups excluding carboxylic acids is 3. The molecule has 202 valence electrons. The predicted molar refractivity (Wildman–Crippen MR) is 129 cm³/mol. The highest BCUT2D eigenvalue weighted by atomic mass is 32.2. The highest BCUT2D eigenvalue weighted by Gasteiger charge is 2.78. The van der Waals surface area contributed by atoms with Gasteiger partial charge in [0.25, 0.3) is 0 Å². The number of alkyl halides is 3. The average Bonchev–Trinajstić information content (AvgIpc) is 3.45. The maximum absolute atomic E-state index is 17.4. The molecule has 4 aliphatic rings. The summed E-state index contributed by atoms with van der Waals surface area (Å²) in [6.07, 6.45) is -0.967. The first-order chi connectivity index (χ1) is 17.4. The zero-order chi connectivity index (χ0) is 27.0. The number of thioether (sulfide) groups is 1. The fourth-order valence-electron chi connectivity index (χ4n) is 8.32. The van der Waals surface area contributed by atoms with Crippen molar-refractivity contribution in [3.63, 3.8) is 0 Å². The molecule has 0 saturated heterocycles. The van der Waals surface area contributed by atoms with Crippen molar-refractivity contribution in [2.45, 2.75) is 76.4 Å².